The van der Waals surface area contributed by atoms with Crippen molar-refractivity contribution in [2.45, 2.75) is 6.18 Å². The van der Waals surface area contributed by atoms with Gasteiger partial charge in [0, 0.05) is 6.20 Å². The Morgan fingerprint density at radius 2 is 1.78 bits per heavy atom. The molecule has 6 heteroatoms. The molecule has 2 nitrogen and oxygen atoms in total. The largest absolute Gasteiger partial charge is 0.416 e. The number of benzene rings is 1. The van der Waals surface area contributed by atoms with Crippen LogP contribution < -0.4 is 0 Å². The number of rotatable bonds is 1. The van der Waals surface area contributed by atoms with Crippen molar-refractivity contribution in [3.63, 3.8) is 0 Å². The third kappa shape index (κ3) is 2.27. The van der Waals surface area contributed by atoms with Crippen molar-refractivity contribution in [3.8, 4) is 17.3 Å². The quantitative estimate of drug-likeness (QED) is 0.835. The third-order valence-electron chi connectivity index (χ3n) is 2.44. The van der Waals surface area contributed by atoms with E-state index in [1.54, 1.807) is 6.20 Å². The number of nitrogens with zero attached hydrogens (tertiary/aromatic N) is 1. The number of nitriles is 1. The van der Waals surface area contributed by atoms with Gasteiger partial charge < -0.3 is 4.98 Å². The summed E-state index contributed by atoms with van der Waals surface area (Å²) in [5, 5.41) is 8.95. The molecular formula is C12H6BrF3N2. The van der Waals surface area contributed by atoms with Crippen molar-refractivity contribution in [1.82, 2.24) is 4.98 Å². The first-order chi connectivity index (χ1) is 8.43. The molecule has 0 aliphatic heterocycles. The molecule has 0 bridgehead atoms. The first-order valence-electron chi connectivity index (χ1n) is 4.88. The molecule has 18 heavy (non-hydrogen) atoms. The zero-order valence-corrected chi connectivity index (χ0v) is 10.4. The fourth-order valence-electron chi connectivity index (χ4n) is 1.56. The highest BCUT2D eigenvalue weighted by atomic mass is 79.9. The van der Waals surface area contributed by atoms with Gasteiger partial charge in [0.2, 0.25) is 0 Å². The van der Waals surface area contributed by atoms with E-state index < -0.39 is 11.7 Å². The van der Waals surface area contributed by atoms with Gasteiger partial charge in [-0.1, -0.05) is 12.1 Å². The van der Waals surface area contributed by atoms with E-state index in [1.807, 2.05) is 6.07 Å². The molecule has 0 atom stereocenters. The van der Waals surface area contributed by atoms with Crippen LogP contribution in [0.5, 0.6) is 0 Å². The molecule has 0 saturated carbocycles. The molecule has 2 rings (SSSR count). The Morgan fingerprint density at radius 1 is 1.17 bits per heavy atom. The number of nitrogens with one attached hydrogen (secondary N) is 1. The molecule has 1 N–H and O–H groups in total. The standard InChI is InChI=1S/C12H6BrF3N2/c13-10-6-18-11(9(10)5-17)7-1-3-8(4-2-7)12(14,15)16/h1-4,6,18H. The molecule has 1 aromatic carbocycles. The lowest BCUT2D eigenvalue weighted by Crippen LogP contribution is -2.04. The van der Waals surface area contributed by atoms with Crippen LogP contribution in [0.2, 0.25) is 0 Å². The monoisotopic (exact) mass is 314 g/mol. The molecule has 0 radical (unpaired) electrons. The second-order valence-corrected chi connectivity index (χ2v) is 4.43. The molecule has 0 spiro atoms. The summed E-state index contributed by atoms with van der Waals surface area (Å²) >= 11 is 3.19. The van der Waals surface area contributed by atoms with E-state index in [0.717, 1.165) is 12.1 Å². The highest BCUT2D eigenvalue weighted by Gasteiger charge is 2.30. The Labute approximate surface area is 109 Å². The van der Waals surface area contributed by atoms with Crippen LogP contribution in [0.15, 0.2) is 34.9 Å². The lowest BCUT2D eigenvalue weighted by Gasteiger charge is -2.07. The number of alkyl halides is 3. The maximum Gasteiger partial charge on any atom is 0.416 e. The molecule has 0 aliphatic carbocycles. The van der Waals surface area contributed by atoms with Crippen molar-refractivity contribution in [2.24, 2.45) is 0 Å². The van der Waals surface area contributed by atoms with E-state index in [2.05, 4.69) is 20.9 Å². The number of aromatic amines is 1. The second-order valence-electron chi connectivity index (χ2n) is 3.57. The maximum absolute atomic E-state index is 12.4. The van der Waals surface area contributed by atoms with E-state index in [-0.39, 0.29) is 0 Å². The highest BCUT2D eigenvalue weighted by Crippen LogP contribution is 2.32. The van der Waals surface area contributed by atoms with Gasteiger partial charge in [0.15, 0.2) is 0 Å². The van der Waals surface area contributed by atoms with Gasteiger partial charge in [0.05, 0.1) is 21.3 Å². The minimum Gasteiger partial charge on any atom is -0.359 e. The van der Waals surface area contributed by atoms with E-state index in [9.17, 15) is 13.2 Å². The highest BCUT2D eigenvalue weighted by molar-refractivity contribution is 9.10. The molecule has 0 aliphatic rings. The molecular weight excluding hydrogens is 309 g/mol. The summed E-state index contributed by atoms with van der Waals surface area (Å²) in [4.78, 5) is 2.85. The number of aromatic nitrogens is 1. The van der Waals surface area contributed by atoms with Crippen molar-refractivity contribution in [3.05, 3.63) is 46.1 Å². The second kappa shape index (κ2) is 4.50. The van der Waals surface area contributed by atoms with Gasteiger partial charge in [0.1, 0.15) is 6.07 Å². The van der Waals surface area contributed by atoms with Crippen molar-refractivity contribution >= 4 is 15.9 Å². The summed E-state index contributed by atoms with van der Waals surface area (Å²) in [7, 11) is 0. The number of halogens is 4. The average Bonchev–Trinajstić information content (AvgIpc) is 2.69. The van der Waals surface area contributed by atoms with Gasteiger partial charge in [-0.15, -0.1) is 0 Å². The topological polar surface area (TPSA) is 39.6 Å². The lowest BCUT2D eigenvalue weighted by molar-refractivity contribution is -0.137. The summed E-state index contributed by atoms with van der Waals surface area (Å²) in [5.41, 5.74) is 0.688. The molecule has 0 amide bonds. The minimum absolute atomic E-state index is 0.370. The van der Waals surface area contributed by atoms with Crippen molar-refractivity contribution < 1.29 is 13.2 Å². The van der Waals surface area contributed by atoms with Crippen LogP contribution in [0, 0.1) is 11.3 Å². The Hall–Kier alpha value is -1.74. The van der Waals surface area contributed by atoms with Gasteiger partial charge in [-0.25, -0.2) is 0 Å². The van der Waals surface area contributed by atoms with Crippen LogP contribution in [0.4, 0.5) is 13.2 Å². The first kappa shape index (κ1) is 12.7. The van der Waals surface area contributed by atoms with E-state index in [1.165, 1.54) is 12.1 Å². The Bertz CT molecular complexity index is 606. The SMILES string of the molecule is N#Cc1c(Br)c[nH]c1-c1ccc(C(F)(F)F)cc1. The molecule has 92 valence electrons. The average molecular weight is 315 g/mol. The van der Waals surface area contributed by atoms with Crippen LogP contribution in [0.25, 0.3) is 11.3 Å². The molecule has 1 aromatic heterocycles. The van der Waals surface area contributed by atoms with Gasteiger partial charge >= 0.3 is 6.18 Å². The number of H-pyrrole nitrogens is 1. The van der Waals surface area contributed by atoms with Crippen LogP contribution in [-0.2, 0) is 6.18 Å². The molecule has 1 heterocycles. The van der Waals surface area contributed by atoms with Crippen molar-refractivity contribution in [2.75, 3.05) is 0 Å². The molecule has 0 fully saturated rings. The van der Waals surface area contributed by atoms with Crippen molar-refractivity contribution in [1.29, 1.82) is 5.26 Å². The predicted octanol–water partition coefficient (Wildman–Crippen LogP) is 4.33. The minimum atomic E-state index is -4.35. The Balaban J connectivity index is 2.45. The van der Waals surface area contributed by atoms with Crippen LogP contribution in [-0.4, -0.2) is 4.98 Å². The van der Waals surface area contributed by atoms with E-state index >= 15 is 0 Å². The summed E-state index contributed by atoms with van der Waals surface area (Å²) < 4.78 is 37.8. The summed E-state index contributed by atoms with van der Waals surface area (Å²) in [6.45, 7) is 0. The normalized spacial score (nSPS) is 11.3. The summed E-state index contributed by atoms with van der Waals surface area (Å²) in [6.07, 6.45) is -2.78. The van der Waals surface area contributed by atoms with Crippen LogP contribution in [0.3, 0.4) is 0 Å². The van der Waals surface area contributed by atoms with Crippen LogP contribution in [0.1, 0.15) is 11.1 Å². The third-order valence-corrected chi connectivity index (χ3v) is 3.07. The molecule has 0 unspecified atom stereocenters. The number of hydrogen-bond donors (Lipinski definition) is 1. The molecule has 2 aromatic rings. The summed E-state index contributed by atoms with van der Waals surface area (Å²) in [5.74, 6) is 0. The van der Waals surface area contributed by atoms with Gasteiger partial charge in [-0.3, -0.25) is 0 Å². The van der Waals surface area contributed by atoms with E-state index in [4.69, 9.17) is 5.26 Å². The van der Waals surface area contributed by atoms with Gasteiger partial charge in [-0.05, 0) is 33.6 Å². The summed E-state index contributed by atoms with van der Waals surface area (Å²) in [6, 6.07) is 6.64. The lowest BCUT2D eigenvalue weighted by atomic mass is 10.1. The zero-order chi connectivity index (χ0) is 13.3. The maximum atomic E-state index is 12.4. The fraction of sp³-hybridized carbons (Fsp3) is 0.0833. The van der Waals surface area contributed by atoms with Gasteiger partial charge in [-0.2, -0.15) is 18.4 Å². The fourth-order valence-corrected chi connectivity index (χ4v) is 1.96. The predicted molar refractivity (Wildman–Crippen MR) is 63.6 cm³/mol. The Kier molecular flexibility index (Phi) is 3.18. The first-order valence-corrected chi connectivity index (χ1v) is 5.67. The molecule has 0 saturated heterocycles. The van der Waals surface area contributed by atoms with E-state index in [0.29, 0.717) is 21.3 Å². The zero-order valence-electron chi connectivity index (χ0n) is 8.85. The number of hydrogen-bond acceptors (Lipinski definition) is 1. The van der Waals surface area contributed by atoms with Crippen LogP contribution >= 0.6 is 15.9 Å². The van der Waals surface area contributed by atoms with Gasteiger partial charge in [0.25, 0.3) is 0 Å². The Morgan fingerprint density at radius 3 is 2.28 bits per heavy atom. The smallest absolute Gasteiger partial charge is 0.359 e.